The molecule has 0 aliphatic rings. The highest BCUT2D eigenvalue weighted by Crippen LogP contribution is 2.31. The molecule has 1 nitrogen and oxygen atoms in total. The van der Waals surface area contributed by atoms with E-state index in [9.17, 15) is 0 Å². The SMILES string of the molecule is c1ccc(-c2cc3ccc4cccc2n43)cc1. The van der Waals surface area contributed by atoms with Crippen LogP contribution in [0.1, 0.15) is 0 Å². The summed E-state index contributed by atoms with van der Waals surface area (Å²) in [6, 6.07) is 23.6. The van der Waals surface area contributed by atoms with E-state index in [4.69, 9.17) is 0 Å². The van der Waals surface area contributed by atoms with Crippen LogP contribution in [-0.2, 0) is 0 Å². The average Bonchev–Trinajstić information content (AvgIpc) is 2.97. The lowest BCUT2D eigenvalue weighted by Crippen LogP contribution is -1.81. The summed E-state index contributed by atoms with van der Waals surface area (Å²) < 4.78 is 2.31. The van der Waals surface area contributed by atoms with Crippen LogP contribution in [0.3, 0.4) is 0 Å². The Hall–Kier alpha value is -2.28. The summed E-state index contributed by atoms with van der Waals surface area (Å²) in [6.45, 7) is 0. The van der Waals surface area contributed by atoms with Crippen molar-refractivity contribution in [2.45, 2.75) is 0 Å². The number of hydrogen-bond acceptors (Lipinski definition) is 0. The van der Waals surface area contributed by atoms with Crippen LogP contribution in [0.5, 0.6) is 0 Å². The van der Waals surface area contributed by atoms with E-state index in [-0.39, 0.29) is 0 Å². The van der Waals surface area contributed by atoms with Gasteiger partial charge < -0.3 is 4.40 Å². The van der Waals surface area contributed by atoms with Crippen LogP contribution in [0.4, 0.5) is 0 Å². The fourth-order valence-electron chi connectivity index (χ4n) is 2.58. The van der Waals surface area contributed by atoms with Gasteiger partial charge in [0, 0.05) is 16.6 Å². The van der Waals surface area contributed by atoms with Gasteiger partial charge in [-0.3, -0.25) is 0 Å². The Labute approximate surface area is 99.3 Å². The van der Waals surface area contributed by atoms with Crippen LogP contribution in [-0.4, -0.2) is 4.40 Å². The van der Waals surface area contributed by atoms with Gasteiger partial charge in [-0.05, 0) is 35.9 Å². The van der Waals surface area contributed by atoms with Crippen LogP contribution >= 0.6 is 0 Å². The molecule has 3 aromatic heterocycles. The first-order chi connectivity index (χ1) is 8.43. The van der Waals surface area contributed by atoms with Crippen molar-refractivity contribution in [3.05, 3.63) is 66.7 Å². The van der Waals surface area contributed by atoms with Crippen molar-refractivity contribution in [3.63, 3.8) is 0 Å². The van der Waals surface area contributed by atoms with Gasteiger partial charge in [-0.15, -0.1) is 0 Å². The summed E-state index contributed by atoms with van der Waals surface area (Å²) in [6.07, 6.45) is 0. The van der Waals surface area contributed by atoms with Crippen LogP contribution in [0.2, 0.25) is 0 Å². The molecule has 0 unspecified atom stereocenters. The van der Waals surface area contributed by atoms with Crippen LogP contribution in [0.25, 0.3) is 27.7 Å². The van der Waals surface area contributed by atoms with Crippen molar-refractivity contribution in [3.8, 4) is 11.1 Å². The predicted molar refractivity (Wildman–Crippen MR) is 71.5 cm³/mol. The molecule has 0 saturated carbocycles. The van der Waals surface area contributed by atoms with E-state index in [1.54, 1.807) is 0 Å². The molecule has 4 aromatic rings. The predicted octanol–water partition coefficient (Wildman–Crippen LogP) is 4.20. The molecule has 0 atom stereocenters. The molecule has 0 saturated heterocycles. The summed E-state index contributed by atoms with van der Waals surface area (Å²) >= 11 is 0. The zero-order valence-corrected chi connectivity index (χ0v) is 9.30. The Morgan fingerprint density at radius 2 is 1.47 bits per heavy atom. The molecule has 0 bridgehead atoms. The molecule has 1 heteroatoms. The lowest BCUT2D eigenvalue weighted by atomic mass is 10.1. The van der Waals surface area contributed by atoms with Crippen LogP contribution < -0.4 is 0 Å². The third-order valence-electron chi connectivity index (χ3n) is 3.36. The van der Waals surface area contributed by atoms with Crippen molar-refractivity contribution in [1.29, 1.82) is 0 Å². The first-order valence-electron chi connectivity index (χ1n) is 5.81. The summed E-state index contributed by atoms with van der Waals surface area (Å²) in [7, 11) is 0. The third-order valence-corrected chi connectivity index (χ3v) is 3.36. The summed E-state index contributed by atoms with van der Waals surface area (Å²) in [4.78, 5) is 0. The zero-order chi connectivity index (χ0) is 11.2. The number of benzene rings is 1. The van der Waals surface area contributed by atoms with Crippen LogP contribution in [0.15, 0.2) is 66.7 Å². The van der Waals surface area contributed by atoms with E-state index in [0.29, 0.717) is 0 Å². The lowest BCUT2D eigenvalue weighted by Gasteiger charge is -2.00. The minimum absolute atomic E-state index is 1.26. The van der Waals surface area contributed by atoms with Gasteiger partial charge in [0.2, 0.25) is 0 Å². The Morgan fingerprint density at radius 1 is 0.647 bits per heavy atom. The maximum absolute atomic E-state index is 2.31. The van der Waals surface area contributed by atoms with E-state index in [1.807, 2.05) is 0 Å². The van der Waals surface area contributed by atoms with Gasteiger partial charge in [-0.2, -0.15) is 0 Å². The smallest absolute Gasteiger partial charge is 0.0540 e. The highest BCUT2D eigenvalue weighted by molar-refractivity contribution is 5.90. The molecular weight excluding hydrogens is 206 g/mol. The quantitative estimate of drug-likeness (QED) is 0.450. The highest BCUT2D eigenvalue weighted by Gasteiger charge is 2.09. The maximum atomic E-state index is 2.31. The normalized spacial score (nSPS) is 11.5. The average molecular weight is 217 g/mol. The Balaban J connectivity index is 2.15. The van der Waals surface area contributed by atoms with Gasteiger partial charge in [0.05, 0.1) is 5.52 Å². The molecule has 4 rings (SSSR count). The maximum Gasteiger partial charge on any atom is 0.0540 e. The molecule has 0 spiro atoms. The van der Waals surface area contributed by atoms with Crippen molar-refractivity contribution in [2.24, 2.45) is 0 Å². The third kappa shape index (κ3) is 1.14. The summed E-state index contributed by atoms with van der Waals surface area (Å²) in [5.41, 5.74) is 6.42. The number of pyridine rings is 1. The molecule has 0 aliphatic carbocycles. The van der Waals surface area contributed by atoms with Gasteiger partial charge in [0.15, 0.2) is 0 Å². The Bertz CT molecular complexity index is 775. The first-order valence-corrected chi connectivity index (χ1v) is 5.81. The molecule has 3 heterocycles. The van der Waals surface area contributed by atoms with E-state index in [1.165, 1.54) is 27.7 Å². The highest BCUT2D eigenvalue weighted by atomic mass is 14.9. The Kier molecular flexibility index (Phi) is 1.61. The van der Waals surface area contributed by atoms with Gasteiger partial charge in [-0.1, -0.05) is 36.4 Å². The molecule has 0 N–H and O–H groups in total. The van der Waals surface area contributed by atoms with Crippen LogP contribution in [0, 0.1) is 0 Å². The Morgan fingerprint density at radius 3 is 2.35 bits per heavy atom. The zero-order valence-electron chi connectivity index (χ0n) is 9.30. The lowest BCUT2D eigenvalue weighted by molar-refractivity contribution is 1.35. The fraction of sp³-hybridized carbons (Fsp3) is 0. The second-order valence-electron chi connectivity index (χ2n) is 4.35. The van der Waals surface area contributed by atoms with Crippen molar-refractivity contribution in [1.82, 2.24) is 4.40 Å². The minimum Gasteiger partial charge on any atom is -0.310 e. The fourth-order valence-corrected chi connectivity index (χ4v) is 2.58. The molecule has 0 aliphatic heterocycles. The van der Waals surface area contributed by atoms with E-state index in [2.05, 4.69) is 71.1 Å². The number of hydrogen-bond donors (Lipinski definition) is 0. The van der Waals surface area contributed by atoms with Crippen molar-refractivity contribution >= 4 is 16.6 Å². The second-order valence-corrected chi connectivity index (χ2v) is 4.35. The number of nitrogens with zero attached hydrogens (tertiary/aromatic N) is 1. The molecule has 0 amide bonds. The first kappa shape index (κ1) is 8.82. The monoisotopic (exact) mass is 217 g/mol. The molecule has 17 heavy (non-hydrogen) atoms. The standard InChI is InChI=1S/C16H11N/c1-2-5-12(6-3-1)15-11-14-10-9-13-7-4-8-16(15)17(13)14/h1-11H. The molecule has 0 fully saturated rings. The van der Waals surface area contributed by atoms with Crippen molar-refractivity contribution < 1.29 is 0 Å². The van der Waals surface area contributed by atoms with Gasteiger partial charge in [-0.25, -0.2) is 0 Å². The van der Waals surface area contributed by atoms with Crippen molar-refractivity contribution in [2.75, 3.05) is 0 Å². The minimum atomic E-state index is 1.26. The molecule has 80 valence electrons. The van der Waals surface area contributed by atoms with Gasteiger partial charge in [0.1, 0.15) is 0 Å². The topological polar surface area (TPSA) is 4.41 Å². The number of rotatable bonds is 1. The van der Waals surface area contributed by atoms with E-state index >= 15 is 0 Å². The number of aromatic nitrogens is 1. The summed E-state index contributed by atoms with van der Waals surface area (Å²) in [5, 5.41) is 0. The largest absolute Gasteiger partial charge is 0.310 e. The molecular formula is C16H11N. The summed E-state index contributed by atoms with van der Waals surface area (Å²) in [5.74, 6) is 0. The molecule has 1 aromatic carbocycles. The van der Waals surface area contributed by atoms with Gasteiger partial charge in [0.25, 0.3) is 0 Å². The van der Waals surface area contributed by atoms with E-state index < -0.39 is 0 Å². The van der Waals surface area contributed by atoms with Gasteiger partial charge >= 0.3 is 0 Å². The molecule has 0 radical (unpaired) electrons. The van der Waals surface area contributed by atoms with E-state index in [0.717, 1.165) is 0 Å². The second kappa shape index (κ2) is 3.11.